The van der Waals surface area contributed by atoms with E-state index in [1.54, 1.807) is 5.41 Å². The Morgan fingerprint density at radius 1 is 0.880 bits per heavy atom. The van der Waals surface area contributed by atoms with Gasteiger partial charge in [0.05, 0.1) is 0 Å². The molecule has 0 saturated heterocycles. The van der Waals surface area contributed by atoms with Crippen LogP contribution >= 0.6 is 27.1 Å². The second-order valence-electron chi connectivity index (χ2n) is 6.75. The first-order chi connectivity index (χ1) is 12.2. The number of halogens is 1. The maximum Gasteiger partial charge on any atom is 0.0329 e. The molecule has 133 valence electrons. The van der Waals surface area contributed by atoms with Crippen LogP contribution < -0.4 is 0 Å². The topological polar surface area (TPSA) is 19.9 Å². The molecule has 0 fully saturated rings. The molecular weight excluding hydrogens is 392 g/mol. The van der Waals surface area contributed by atoms with E-state index in [2.05, 4.69) is 65.3 Å². The third-order valence-corrected chi connectivity index (χ3v) is 7.18. The van der Waals surface area contributed by atoms with Gasteiger partial charge in [-0.2, -0.15) is 4.55 Å². The van der Waals surface area contributed by atoms with E-state index in [9.17, 15) is 4.55 Å². The van der Waals surface area contributed by atoms with Crippen molar-refractivity contribution in [3.05, 3.63) is 59.0 Å². The van der Waals surface area contributed by atoms with E-state index in [1.165, 1.54) is 56.1 Å². The lowest BCUT2D eigenvalue weighted by atomic mass is 10.00. The second-order valence-corrected chi connectivity index (χ2v) is 9.00. The fourth-order valence-electron chi connectivity index (χ4n) is 3.31. The van der Waals surface area contributed by atoms with Gasteiger partial charge in [-0.05, 0) is 56.9 Å². The Kier molecular flexibility index (Phi) is 6.80. The van der Waals surface area contributed by atoms with Gasteiger partial charge in [0.25, 0.3) is 0 Å². The molecule has 3 rings (SSSR count). The molecule has 0 saturated carbocycles. The number of hydrogen-bond acceptors (Lipinski definition) is 0. The van der Waals surface area contributed by atoms with E-state index < -0.39 is 11.2 Å². The molecule has 1 heterocycles. The van der Waals surface area contributed by atoms with Gasteiger partial charge in [-0.3, -0.25) is 0 Å². The molecule has 0 spiro atoms. The number of hydrogen-bond donors (Lipinski definition) is 1. The fourth-order valence-corrected chi connectivity index (χ4v) is 5.55. The Hall–Kier alpha value is -1.03. The lowest BCUT2D eigenvalue weighted by molar-refractivity contribution is 0.523. The summed E-state index contributed by atoms with van der Waals surface area (Å²) >= 11 is 2.08. The van der Waals surface area contributed by atoms with E-state index in [1.807, 2.05) is 0 Å². The quantitative estimate of drug-likeness (QED) is 0.335. The lowest BCUT2D eigenvalue weighted by Gasteiger charge is -2.09. The van der Waals surface area contributed by atoms with Crippen LogP contribution in [0.2, 0.25) is 0 Å². The number of unbranched alkanes of at least 4 members (excludes halogenated alkanes) is 5. The maximum atomic E-state index is 12.2. The summed E-state index contributed by atoms with van der Waals surface area (Å²) in [5.74, 6) is 0. The highest BCUT2D eigenvalue weighted by Crippen LogP contribution is 2.50. The van der Waals surface area contributed by atoms with Crippen molar-refractivity contribution in [2.45, 2.75) is 56.8 Å². The van der Waals surface area contributed by atoms with E-state index >= 15 is 0 Å². The predicted molar refractivity (Wildman–Crippen MR) is 114 cm³/mol. The van der Waals surface area contributed by atoms with Crippen molar-refractivity contribution >= 4 is 31.6 Å². The van der Waals surface area contributed by atoms with Crippen LogP contribution in [0.15, 0.2) is 52.8 Å². The summed E-state index contributed by atoms with van der Waals surface area (Å²) in [5, 5.41) is 1.80. The van der Waals surface area contributed by atoms with Crippen molar-refractivity contribution in [1.29, 1.82) is 0 Å². The van der Waals surface area contributed by atoms with Gasteiger partial charge in [0.15, 0.2) is 0 Å². The average Bonchev–Trinajstić information content (AvgIpc) is 2.92. The Morgan fingerprint density at radius 2 is 1.56 bits per heavy atom. The van der Waals surface area contributed by atoms with Crippen LogP contribution in [0.4, 0.5) is 0 Å². The molecule has 0 amide bonds. The molecule has 1 aliphatic heterocycles. The van der Waals surface area contributed by atoms with Gasteiger partial charge in [-0.25, -0.2) is 0 Å². The molecule has 2 aromatic rings. The van der Waals surface area contributed by atoms with Crippen LogP contribution in [0.1, 0.15) is 56.6 Å². The summed E-state index contributed by atoms with van der Waals surface area (Å²) in [6.07, 6.45) is 9.20. The lowest BCUT2D eigenvalue weighted by Crippen LogP contribution is -1.88. The molecule has 0 aromatic heterocycles. The van der Waals surface area contributed by atoms with Crippen molar-refractivity contribution in [2.24, 2.45) is 0 Å². The number of rotatable bonds is 8. The highest BCUT2D eigenvalue weighted by atomic mass is 79.9. The third-order valence-electron chi connectivity index (χ3n) is 4.83. The predicted octanol–water partition coefficient (Wildman–Crippen LogP) is 7.67. The van der Waals surface area contributed by atoms with Crippen LogP contribution in [-0.4, -0.2) is 0 Å². The fraction of sp³-hybridized carbons (Fsp3) is 0.364. The zero-order chi connectivity index (χ0) is 17.6. The van der Waals surface area contributed by atoms with Crippen molar-refractivity contribution in [1.82, 2.24) is 0 Å². The van der Waals surface area contributed by atoms with Gasteiger partial charge in [0.1, 0.15) is 0 Å². The second kappa shape index (κ2) is 9.07. The molecule has 2 aromatic carbocycles. The first-order valence-corrected chi connectivity index (χ1v) is 11.4. The summed E-state index contributed by atoms with van der Waals surface area (Å²) in [5.41, 5.74) is 4.81. The summed E-state index contributed by atoms with van der Waals surface area (Å²) < 4.78 is 13.1. The molecule has 25 heavy (non-hydrogen) atoms. The van der Waals surface area contributed by atoms with Crippen LogP contribution in [0, 0.1) is 0 Å². The van der Waals surface area contributed by atoms with Crippen LogP contribution in [0.3, 0.4) is 0 Å². The zero-order valence-corrected chi connectivity index (χ0v) is 17.3. The van der Waals surface area contributed by atoms with Crippen LogP contribution in [-0.2, 0) is 11.0 Å². The molecule has 1 nitrogen and oxygen atoms in total. The van der Waals surface area contributed by atoms with Crippen molar-refractivity contribution < 1.29 is 4.55 Å². The summed E-state index contributed by atoms with van der Waals surface area (Å²) in [6, 6.07) is 15.1. The highest BCUT2D eigenvalue weighted by Gasteiger charge is 2.19. The summed E-state index contributed by atoms with van der Waals surface area (Å²) in [4.78, 5) is 0.940. The molecule has 0 N–H and O–H groups in total. The molecular formula is C22H26BrOS. The van der Waals surface area contributed by atoms with Gasteiger partial charge >= 0.3 is 0 Å². The number of fused-ring (bicyclic) bond motifs is 1. The minimum atomic E-state index is -1.41. The van der Waals surface area contributed by atoms with E-state index in [-0.39, 0.29) is 0 Å². The van der Waals surface area contributed by atoms with E-state index in [0.717, 1.165) is 20.5 Å². The smallest absolute Gasteiger partial charge is 0.0329 e. The number of benzene rings is 2. The van der Waals surface area contributed by atoms with Gasteiger partial charge in [-0.15, -0.1) is 0 Å². The summed E-state index contributed by atoms with van der Waals surface area (Å²) in [7, 11) is 0. The monoisotopic (exact) mass is 417 g/mol. The standard InChI is InChI=1S/C22H26BrOS/c1-2-3-4-5-6-7-8-17-9-11-18(12-10-17)19-13-14-20-21(23)16-25(24)22(20)15-19/h9-16,25H,2-8H2,1H3. The first-order valence-electron chi connectivity index (χ1n) is 9.26. The Balaban J connectivity index is 1.59. The average molecular weight is 418 g/mol. The highest BCUT2D eigenvalue weighted by molar-refractivity contribution is 9.15. The first kappa shape index (κ1) is 18.8. The molecule has 0 aliphatic carbocycles. The van der Waals surface area contributed by atoms with Gasteiger partial charge < -0.3 is 0 Å². The molecule has 3 heteroatoms. The van der Waals surface area contributed by atoms with E-state index in [0.29, 0.717) is 0 Å². The Morgan fingerprint density at radius 3 is 2.32 bits per heavy atom. The normalized spacial score (nSPS) is 17.4. The minimum absolute atomic E-state index is 0.940. The molecule has 1 radical (unpaired) electrons. The van der Waals surface area contributed by atoms with Crippen molar-refractivity contribution in [3.8, 4) is 11.1 Å². The molecule has 1 unspecified atom stereocenters. The zero-order valence-electron chi connectivity index (χ0n) is 14.8. The third kappa shape index (κ3) is 4.78. The van der Waals surface area contributed by atoms with Crippen molar-refractivity contribution in [2.75, 3.05) is 0 Å². The Bertz CT molecular complexity index is 736. The number of thiol groups is 1. The van der Waals surface area contributed by atoms with Crippen molar-refractivity contribution in [3.63, 3.8) is 0 Å². The minimum Gasteiger partial charge on any atom is -0.169 e. The molecule has 0 bridgehead atoms. The Labute approximate surface area is 162 Å². The summed E-state index contributed by atoms with van der Waals surface area (Å²) in [6.45, 7) is 2.26. The van der Waals surface area contributed by atoms with Gasteiger partial charge in [-0.1, -0.05) is 86.6 Å². The molecule has 1 atom stereocenters. The maximum absolute atomic E-state index is 12.2. The van der Waals surface area contributed by atoms with Gasteiger partial charge in [0.2, 0.25) is 0 Å². The van der Waals surface area contributed by atoms with Gasteiger partial charge in [0, 0.05) is 14.9 Å². The SMILES string of the molecule is CCCCCCCCc1ccc(-c2ccc3c(c2)[SH]([O])C=C3Br)cc1. The van der Waals surface area contributed by atoms with E-state index in [4.69, 9.17) is 0 Å². The van der Waals surface area contributed by atoms with Crippen LogP contribution in [0.5, 0.6) is 0 Å². The largest absolute Gasteiger partial charge is 0.169 e. The molecule has 1 aliphatic rings. The van der Waals surface area contributed by atoms with Crippen LogP contribution in [0.25, 0.3) is 15.6 Å². The number of aryl methyl sites for hydroxylation is 1.